The van der Waals surface area contributed by atoms with Gasteiger partial charge in [0.2, 0.25) is 0 Å². The van der Waals surface area contributed by atoms with Crippen LogP contribution in [0.5, 0.6) is 0 Å². The average Bonchev–Trinajstić information content (AvgIpc) is 2.05. The fraction of sp³-hybridized carbons (Fsp3) is 0.667. The first-order valence-corrected chi connectivity index (χ1v) is 4.14. The van der Waals surface area contributed by atoms with Crippen molar-refractivity contribution >= 4 is 5.97 Å². The van der Waals surface area contributed by atoms with Crippen LogP contribution in [-0.2, 0) is 9.53 Å². The Labute approximate surface area is 72.4 Å². The van der Waals surface area contributed by atoms with Crippen molar-refractivity contribution in [1.82, 2.24) is 0 Å². The van der Waals surface area contributed by atoms with Gasteiger partial charge in [-0.15, -0.1) is 6.58 Å². The van der Waals surface area contributed by atoms with E-state index < -0.39 is 12.1 Å². The molecule has 0 radical (unpaired) electrons. The minimum absolute atomic E-state index is 0.227. The summed E-state index contributed by atoms with van der Waals surface area (Å²) in [4.78, 5) is 10.7. The lowest BCUT2D eigenvalue weighted by atomic mass is 10.2. The number of ether oxygens (including phenoxy) is 1. The molecule has 0 aromatic carbocycles. The zero-order valence-electron chi connectivity index (χ0n) is 7.38. The number of alkyl halides is 1. The van der Waals surface area contributed by atoms with Gasteiger partial charge in [-0.3, -0.25) is 0 Å². The summed E-state index contributed by atoms with van der Waals surface area (Å²) in [5.41, 5.74) is 0. The SMILES string of the molecule is C=CCCCC(F)C(=O)OCC. The predicted octanol–water partition coefficient (Wildman–Crippen LogP) is 2.24. The van der Waals surface area contributed by atoms with Gasteiger partial charge in [0, 0.05) is 0 Å². The van der Waals surface area contributed by atoms with Gasteiger partial charge >= 0.3 is 5.97 Å². The number of esters is 1. The smallest absolute Gasteiger partial charge is 0.340 e. The van der Waals surface area contributed by atoms with Crippen LogP contribution in [0.3, 0.4) is 0 Å². The highest BCUT2D eigenvalue weighted by atomic mass is 19.1. The van der Waals surface area contributed by atoms with E-state index in [9.17, 15) is 9.18 Å². The molecule has 0 aliphatic carbocycles. The predicted molar refractivity (Wildman–Crippen MR) is 45.6 cm³/mol. The molecular formula is C9H15FO2. The zero-order valence-corrected chi connectivity index (χ0v) is 7.38. The Hall–Kier alpha value is -0.860. The Morgan fingerprint density at radius 2 is 2.42 bits per heavy atom. The Kier molecular flexibility index (Phi) is 6.34. The molecule has 0 amide bonds. The maximum atomic E-state index is 12.8. The maximum absolute atomic E-state index is 12.8. The second-order valence-electron chi connectivity index (χ2n) is 2.44. The second kappa shape index (κ2) is 6.83. The number of unbranched alkanes of at least 4 members (excludes halogenated alkanes) is 1. The van der Waals surface area contributed by atoms with Gasteiger partial charge in [0.1, 0.15) is 0 Å². The van der Waals surface area contributed by atoms with E-state index >= 15 is 0 Å². The third-order valence-electron chi connectivity index (χ3n) is 1.41. The molecule has 1 atom stereocenters. The summed E-state index contributed by atoms with van der Waals surface area (Å²) < 4.78 is 17.3. The van der Waals surface area contributed by atoms with Gasteiger partial charge in [0.05, 0.1) is 6.61 Å². The molecule has 3 heteroatoms. The number of hydrogen-bond donors (Lipinski definition) is 0. The van der Waals surface area contributed by atoms with E-state index in [1.54, 1.807) is 13.0 Å². The Balaban J connectivity index is 3.49. The van der Waals surface area contributed by atoms with Gasteiger partial charge in [-0.05, 0) is 26.2 Å². The molecule has 70 valence electrons. The monoisotopic (exact) mass is 174 g/mol. The van der Waals surface area contributed by atoms with Gasteiger partial charge in [-0.25, -0.2) is 9.18 Å². The normalized spacial score (nSPS) is 12.2. The molecule has 0 bridgehead atoms. The fourth-order valence-corrected chi connectivity index (χ4v) is 0.792. The lowest BCUT2D eigenvalue weighted by Gasteiger charge is -2.05. The first kappa shape index (κ1) is 11.1. The van der Waals surface area contributed by atoms with Crippen molar-refractivity contribution < 1.29 is 13.9 Å². The number of hydrogen-bond acceptors (Lipinski definition) is 2. The lowest BCUT2D eigenvalue weighted by molar-refractivity contribution is -0.149. The summed E-state index contributed by atoms with van der Waals surface area (Å²) in [6, 6.07) is 0. The van der Waals surface area contributed by atoms with Gasteiger partial charge in [0.15, 0.2) is 6.17 Å². The van der Waals surface area contributed by atoms with E-state index in [0.717, 1.165) is 6.42 Å². The second-order valence-corrected chi connectivity index (χ2v) is 2.44. The molecule has 0 spiro atoms. The van der Waals surface area contributed by atoms with E-state index in [-0.39, 0.29) is 13.0 Å². The minimum Gasteiger partial charge on any atom is -0.464 e. The van der Waals surface area contributed by atoms with Crippen LogP contribution < -0.4 is 0 Å². The standard InChI is InChI=1S/C9H15FO2/c1-3-5-6-7-8(10)9(11)12-4-2/h3,8H,1,4-7H2,2H3. The van der Waals surface area contributed by atoms with E-state index in [2.05, 4.69) is 11.3 Å². The van der Waals surface area contributed by atoms with Crippen molar-refractivity contribution in [2.45, 2.75) is 32.4 Å². The highest BCUT2D eigenvalue weighted by Crippen LogP contribution is 2.06. The maximum Gasteiger partial charge on any atom is 0.340 e. The van der Waals surface area contributed by atoms with E-state index in [4.69, 9.17) is 0 Å². The molecule has 0 saturated carbocycles. The van der Waals surface area contributed by atoms with Crippen LogP contribution in [-0.4, -0.2) is 18.7 Å². The molecule has 12 heavy (non-hydrogen) atoms. The number of halogens is 1. The van der Waals surface area contributed by atoms with Crippen LogP contribution in [0, 0.1) is 0 Å². The summed E-state index contributed by atoms with van der Waals surface area (Å²) in [7, 11) is 0. The van der Waals surface area contributed by atoms with Crippen molar-refractivity contribution in [3.8, 4) is 0 Å². The average molecular weight is 174 g/mol. The summed E-state index contributed by atoms with van der Waals surface area (Å²) in [6.45, 7) is 5.40. The van der Waals surface area contributed by atoms with Crippen molar-refractivity contribution in [1.29, 1.82) is 0 Å². The van der Waals surface area contributed by atoms with Crippen molar-refractivity contribution in [2.75, 3.05) is 6.61 Å². The molecule has 0 N–H and O–H groups in total. The largest absolute Gasteiger partial charge is 0.464 e. The van der Waals surface area contributed by atoms with E-state index in [1.807, 2.05) is 0 Å². The topological polar surface area (TPSA) is 26.3 Å². The van der Waals surface area contributed by atoms with E-state index in [1.165, 1.54) is 0 Å². The quantitative estimate of drug-likeness (QED) is 0.350. The molecular weight excluding hydrogens is 159 g/mol. The van der Waals surface area contributed by atoms with Crippen LogP contribution in [0.25, 0.3) is 0 Å². The molecule has 0 rings (SSSR count). The summed E-state index contributed by atoms with van der Waals surface area (Å²) in [5.74, 6) is -0.749. The number of carbonyl (C=O) groups excluding carboxylic acids is 1. The Bertz CT molecular complexity index is 145. The van der Waals surface area contributed by atoms with Crippen molar-refractivity contribution in [3.05, 3.63) is 12.7 Å². The van der Waals surface area contributed by atoms with Crippen molar-refractivity contribution in [2.24, 2.45) is 0 Å². The van der Waals surface area contributed by atoms with Crippen LogP contribution in [0.4, 0.5) is 4.39 Å². The van der Waals surface area contributed by atoms with Crippen LogP contribution in [0.1, 0.15) is 26.2 Å². The van der Waals surface area contributed by atoms with Crippen LogP contribution in [0.2, 0.25) is 0 Å². The summed E-state index contributed by atoms with van der Waals surface area (Å²) in [6.07, 6.45) is 1.84. The fourth-order valence-electron chi connectivity index (χ4n) is 0.792. The van der Waals surface area contributed by atoms with Crippen LogP contribution >= 0.6 is 0 Å². The third kappa shape index (κ3) is 4.88. The molecule has 0 aliphatic heterocycles. The zero-order chi connectivity index (χ0) is 9.40. The third-order valence-corrected chi connectivity index (χ3v) is 1.41. The summed E-state index contributed by atoms with van der Waals surface area (Å²) in [5, 5.41) is 0. The van der Waals surface area contributed by atoms with Gasteiger partial charge in [0.25, 0.3) is 0 Å². The van der Waals surface area contributed by atoms with Crippen molar-refractivity contribution in [3.63, 3.8) is 0 Å². The first-order valence-electron chi connectivity index (χ1n) is 4.14. The molecule has 0 heterocycles. The minimum atomic E-state index is -1.47. The van der Waals surface area contributed by atoms with Gasteiger partial charge in [-0.1, -0.05) is 6.08 Å². The number of rotatable bonds is 6. The molecule has 0 saturated heterocycles. The van der Waals surface area contributed by atoms with Gasteiger partial charge < -0.3 is 4.74 Å². The van der Waals surface area contributed by atoms with Crippen LogP contribution in [0.15, 0.2) is 12.7 Å². The molecule has 2 nitrogen and oxygen atoms in total. The lowest BCUT2D eigenvalue weighted by Crippen LogP contribution is -2.18. The Morgan fingerprint density at radius 3 is 2.92 bits per heavy atom. The molecule has 0 aromatic heterocycles. The molecule has 0 aromatic rings. The number of carbonyl (C=O) groups is 1. The molecule has 0 fully saturated rings. The Morgan fingerprint density at radius 1 is 1.75 bits per heavy atom. The van der Waals surface area contributed by atoms with Gasteiger partial charge in [-0.2, -0.15) is 0 Å². The summed E-state index contributed by atoms with van der Waals surface area (Å²) >= 11 is 0. The number of allylic oxidation sites excluding steroid dienone is 1. The first-order chi connectivity index (χ1) is 5.72. The molecule has 0 aliphatic rings. The van der Waals surface area contributed by atoms with E-state index in [0.29, 0.717) is 6.42 Å². The molecule has 1 unspecified atom stereocenters. The highest BCUT2D eigenvalue weighted by molar-refractivity contribution is 5.74. The highest BCUT2D eigenvalue weighted by Gasteiger charge is 2.16.